The molecule has 1 heterocycles. The van der Waals surface area contributed by atoms with Gasteiger partial charge in [-0.05, 0) is 92.7 Å². The summed E-state index contributed by atoms with van der Waals surface area (Å²) in [5, 5.41) is 6.44. The predicted octanol–water partition coefficient (Wildman–Crippen LogP) is 7.33. The second-order valence-electron chi connectivity index (χ2n) is 10.8. The molecule has 0 aliphatic heterocycles. The molecule has 7 heteroatoms. The van der Waals surface area contributed by atoms with Crippen LogP contribution in [0.15, 0.2) is 45.3 Å². The van der Waals surface area contributed by atoms with Gasteiger partial charge in [0.15, 0.2) is 0 Å². The van der Waals surface area contributed by atoms with E-state index in [4.69, 9.17) is 9.47 Å². The number of aromatic nitrogens is 1. The lowest BCUT2D eigenvalue weighted by Crippen LogP contribution is -2.58. The van der Waals surface area contributed by atoms with E-state index in [0.29, 0.717) is 25.4 Å². The Morgan fingerprint density at radius 2 is 1.29 bits per heavy atom. The van der Waals surface area contributed by atoms with E-state index >= 15 is 0 Å². The van der Waals surface area contributed by atoms with Crippen LogP contribution in [-0.2, 0) is 16.0 Å². The molecule has 35 heavy (non-hydrogen) atoms. The highest BCUT2D eigenvalue weighted by atomic mass is 79.9. The molecule has 4 aliphatic carbocycles. The molecule has 4 bridgehead atoms. The van der Waals surface area contributed by atoms with Crippen molar-refractivity contribution in [3.05, 3.63) is 45.3 Å². The van der Waals surface area contributed by atoms with E-state index in [9.17, 15) is 0 Å². The minimum atomic E-state index is 0. The van der Waals surface area contributed by atoms with E-state index in [0.717, 1.165) is 46.4 Å². The molecule has 1 N–H and O–H groups in total. The van der Waals surface area contributed by atoms with E-state index in [2.05, 4.69) is 78.1 Å². The third-order valence-electron chi connectivity index (χ3n) is 8.40. The topological polar surface area (TPSA) is 35.4 Å². The van der Waals surface area contributed by atoms with Crippen LogP contribution in [0.5, 0.6) is 0 Å². The zero-order chi connectivity index (χ0) is 23.1. The third-order valence-corrected chi connectivity index (χ3v) is 9.39. The second kappa shape index (κ2) is 11.0. The lowest BCUT2D eigenvalue weighted by atomic mass is 9.53. The molecule has 4 fully saturated rings. The van der Waals surface area contributed by atoms with Crippen LogP contribution < -0.4 is 5.32 Å². The summed E-state index contributed by atoms with van der Waals surface area (Å²) in [6.45, 7) is 4.57. The minimum absolute atomic E-state index is 0. The molecular weight excluding hydrogens is 592 g/mol. The van der Waals surface area contributed by atoms with E-state index in [-0.39, 0.29) is 12.4 Å². The number of ether oxygens (including phenoxy) is 2. The van der Waals surface area contributed by atoms with Crippen LogP contribution >= 0.6 is 44.3 Å². The number of hydrogen-bond acceptors (Lipinski definition) is 3. The summed E-state index contributed by atoms with van der Waals surface area (Å²) in [5.41, 5.74) is 2.92. The summed E-state index contributed by atoms with van der Waals surface area (Å²) in [7, 11) is 0. The number of nitrogens with zero attached hydrogens (tertiary/aromatic N) is 1. The van der Waals surface area contributed by atoms with Crippen molar-refractivity contribution in [3.63, 3.8) is 0 Å². The van der Waals surface area contributed by atoms with Crippen molar-refractivity contribution in [3.8, 4) is 0 Å². The highest BCUT2D eigenvalue weighted by molar-refractivity contribution is 9.10. The minimum Gasteiger partial charge on any atom is -0.378 e. The monoisotopic (exact) mass is 624 g/mol. The van der Waals surface area contributed by atoms with Crippen LogP contribution in [0.1, 0.15) is 38.5 Å². The Bertz CT molecular complexity index is 1090. The number of fused-ring (bicyclic) bond motifs is 3. The maximum atomic E-state index is 5.95. The molecule has 0 saturated heterocycles. The van der Waals surface area contributed by atoms with E-state index in [1.54, 1.807) is 0 Å². The summed E-state index contributed by atoms with van der Waals surface area (Å²) < 4.78 is 16.4. The number of nitrogens with one attached hydrogen (secondary N) is 1. The molecule has 0 unspecified atom stereocenters. The van der Waals surface area contributed by atoms with Crippen LogP contribution in [0, 0.1) is 17.8 Å². The first-order valence-corrected chi connectivity index (χ1v) is 14.4. The van der Waals surface area contributed by atoms with Crippen molar-refractivity contribution in [1.29, 1.82) is 0 Å². The Kier molecular flexibility index (Phi) is 8.17. The van der Waals surface area contributed by atoms with Gasteiger partial charge in [-0.1, -0.05) is 31.9 Å². The number of hydrogen-bond donors (Lipinski definition) is 1. The lowest BCUT2D eigenvalue weighted by Gasteiger charge is -2.57. The van der Waals surface area contributed by atoms with Crippen LogP contribution in [-0.4, -0.2) is 43.1 Å². The SMILES string of the molecule is Brc1ccc2c(c1)c1cc(Br)ccc1n2CCOCCOCCNC12CC3CC(CC(C3)C1)C2.Cl. The summed E-state index contributed by atoms with van der Waals surface area (Å²) in [5.74, 6) is 2.97. The first kappa shape index (κ1) is 26.0. The van der Waals surface area contributed by atoms with Gasteiger partial charge in [0.05, 0.1) is 26.4 Å². The third kappa shape index (κ3) is 5.49. The van der Waals surface area contributed by atoms with Crippen LogP contribution in [0.25, 0.3) is 21.8 Å². The van der Waals surface area contributed by atoms with Crippen molar-refractivity contribution in [2.45, 2.75) is 50.6 Å². The van der Waals surface area contributed by atoms with E-state index in [1.807, 2.05) is 0 Å². The van der Waals surface area contributed by atoms with Gasteiger partial charge in [-0.2, -0.15) is 0 Å². The zero-order valence-corrected chi connectivity index (χ0v) is 24.1. The van der Waals surface area contributed by atoms with Gasteiger partial charge in [0, 0.05) is 49.4 Å². The van der Waals surface area contributed by atoms with E-state index in [1.165, 1.54) is 60.3 Å². The van der Waals surface area contributed by atoms with Gasteiger partial charge >= 0.3 is 0 Å². The molecule has 2 aromatic carbocycles. The molecule has 0 amide bonds. The molecule has 4 nitrogen and oxygen atoms in total. The normalized spacial score (nSPS) is 27.1. The summed E-state index contributed by atoms with van der Waals surface area (Å²) >= 11 is 7.24. The Hall–Kier alpha value is -0.630. The fourth-order valence-electron chi connectivity index (χ4n) is 7.48. The first-order chi connectivity index (χ1) is 16.6. The molecule has 190 valence electrons. The molecule has 4 aliphatic rings. The molecule has 0 radical (unpaired) electrons. The Balaban J connectivity index is 0.00000253. The largest absolute Gasteiger partial charge is 0.378 e. The van der Waals surface area contributed by atoms with Crippen LogP contribution in [0.3, 0.4) is 0 Å². The smallest absolute Gasteiger partial charge is 0.0701 e. The number of halogens is 3. The van der Waals surface area contributed by atoms with Gasteiger partial charge in [0.2, 0.25) is 0 Å². The van der Waals surface area contributed by atoms with Crippen molar-refractivity contribution in [1.82, 2.24) is 9.88 Å². The molecule has 3 aromatic rings. The van der Waals surface area contributed by atoms with Gasteiger partial charge in [-0.3, -0.25) is 0 Å². The van der Waals surface area contributed by atoms with Gasteiger partial charge < -0.3 is 19.4 Å². The van der Waals surface area contributed by atoms with E-state index < -0.39 is 0 Å². The summed E-state index contributed by atoms with van der Waals surface area (Å²) in [6, 6.07) is 13.0. The average Bonchev–Trinajstić information content (AvgIpc) is 3.09. The van der Waals surface area contributed by atoms with Gasteiger partial charge in [-0.15, -0.1) is 12.4 Å². The van der Waals surface area contributed by atoms with Crippen molar-refractivity contribution >= 4 is 66.1 Å². The highest BCUT2D eigenvalue weighted by Gasteiger charge is 2.50. The quantitative estimate of drug-likeness (QED) is 0.240. The molecular formula is C28H35Br2ClN2O2. The molecule has 7 rings (SSSR count). The Morgan fingerprint density at radius 3 is 1.83 bits per heavy atom. The number of benzene rings is 2. The average molecular weight is 627 g/mol. The molecule has 0 spiro atoms. The Morgan fingerprint density at radius 1 is 0.771 bits per heavy atom. The van der Waals surface area contributed by atoms with Crippen LogP contribution in [0.2, 0.25) is 0 Å². The maximum absolute atomic E-state index is 5.95. The van der Waals surface area contributed by atoms with Crippen molar-refractivity contribution < 1.29 is 9.47 Å². The molecule has 4 saturated carbocycles. The Labute approximate surface area is 231 Å². The number of rotatable bonds is 10. The van der Waals surface area contributed by atoms with Gasteiger partial charge in [0.1, 0.15) is 0 Å². The summed E-state index contributed by atoms with van der Waals surface area (Å²) in [6.07, 6.45) is 8.70. The fourth-order valence-corrected chi connectivity index (χ4v) is 8.20. The molecule has 1 aromatic heterocycles. The zero-order valence-electron chi connectivity index (χ0n) is 20.1. The van der Waals surface area contributed by atoms with Gasteiger partial charge in [-0.25, -0.2) is 0 Å². The second-order valence-corrected chi connectivity index (χ2v) is 12.7. The summed E-state index contributed by atoms with van der Waals surface area (Å²) in [4.78, 5) is 0. The highest BCUT2D eigenvalue weighted by Crippen LogP contribution is 2.55. The van der Waals surface area contributed by atoms with Crippen molar-refractivity contribution in [2.24, 2.45) is 17.8 Å². The first-order valence-electron chi connectivity index (χ1n) is 12.9. The molecule has 0 atom stereocenters. The fraction of sp³-hybridized carbons (Fsp3) is 0.571. The van der Waals surface area contributed by atoms with Crippen LogP contribution in [0.4, 0.5) is 0 Å². The van der Waals surface area contributed by atoms with Crippen molar-refractivity contribution in [2.75, 3.05) is 33.0 Å². The predicted molar refractivity (Wildman–Crippen MR) is 153 cm³/mol. The van der Waals surface area contributed by atoms with Gasteiger partial charge in [0.25, 0.3) is 0 Å². The lowest BCUT2D eigenvalue weighted by molar-refractivity contribution is -0.0244. The standard InChI is InChI=1S/C28H34Br2N2O2.ClH/c29-22-1-3-26-24(14-22)25-15-23(30)2-4-27(25)32(26)6-8-34-10-9-33-7-5-31-28-16-19-11-20(17-28)13-21(12-19)18-28;/h1-4,14-15,19-21,31H,5-13,16-18H2;1H. The maximum Gasteiger partial charge on any atom is 0.0701 e.